The molecule has 3 nitrogen and oxygen atoms in total. The zero-order valence-corrected chi connectivity index (χ0v) is 11.5. The second-order valence-electron chi connectivity index (χ2n) is 4.06. The number of anilines is 2. The van der Waals surface area contributed by atoms with Crippen molar-refractivity contribution < 1.29 is 4.79 Å². The Hall–Kier alpha value is -1.81. The van der Waals surface area contributed by atoms with E-state index >= 15 is 0 Å². The molecular formula is C14H13BrN2O. The molecule has 0 bridgehead atoms. The Morgan fingerprint density at radius 1 is 1.22 bits per heavy atom. The molecule has 0 spiro atoms. The van der Waals surface area contributed by atoms with Crippen LogP contribution >= 0.6 is 15.9 Å². The Morgan fingerprint density at radius 2 is 1.94 bits per heavy atom. The van der Waals surface area contributed by atoms with Gasteiger partial charge in [-0.25, -0.2) is 0 Å². The monoisotopic (exact) mass is 304 g/mol. The molecule has 3 N–H and O–H groups in total. The molecule has 2 aromatic carbocycles. The van der Waals surface area contributed by atoms with Gasteiger partial charge < -0.3 is 11.1 Å². The van der Waals surface area contributed by atoms with Gasteiger partial charge >= 0.3 is 0 Å². The van der Waals surface area contributed by atoms with Gasteiger partial charge in [0.15, 0.2) is 0 Å². The summed E-state index contributed by atoms with van der Waals surface area (Å²) in [6.07, 6.45) is 0. The highest BCUT2D eigenvalue weighted by atomic mass is 79.9. The van der Waals surface area contributed by atoms with Crippen LogP contribution in [0.2, 0.25) is 0 Å². The number of benzene rings is 2. The molecule has 1 amide bonds. The fraction of sp³-hybridized carbons (Fsp3) is 0.0714. The molecule has 0 radical (unpaired) electrons. The standard InChI is InChI=1S/C14H13BrN2O/c1-9-6-10(8-11(15)7-9)14(18)17-13-5-3-2-4-12(13)16/h2-8H,16H2,1H3,(H,17,18). The minimum Gasteiger partial charge on any atom is -0.397 e. The van der Waals surface area contributed by atoms with Crippen LogP contribution in [-0.4, -0.2) is 5.91 Å². The van der Waals surface area contributed by atoms with Crippen molar-refractivity contribution in [2.45, 2.75) is 6.92 Å². The summed E-state index contributed by atoms with van der Waals surface area (Å²) in [7, 11) is 0. The first-order chi connectivity index (χ1) is 8.56. The normalized spacial score (nSPS) is 10.1. The van der Waals surface area contributed by atoms with Crippen LogP contribution in [0.25, 0.3) is 0 Å². The molecule has 2 aromatic rings. The molecule has 0 aliphatic rings. The predicted octanol–water partition coefficient (Wildman–Crippen LogP) is 3.59. The maximum Gasteiger partial charge on any atom is 0.255 e. The van der Waals surface area contributed by atoms with Gasteiger partial charge in [-0.1, -0.05) is 28.1 Å². The first kappa shape index (κ1) is 12.6. The van der Waals surface area contributed by atoms with Crippen LogP contribution in [0.4, 0.5) is 11.4 Å². The number of nitrogens with one attached hydrogen (secondary N) is 1. The number of nitrogens with two attached hydrogens (primary N) is 1. The van der Waals surface area contributed by atoms with E-state index in [0.29, 0.717) is 16.9 Å². The first-order valence-corrected chi connectivity index (χ1v) is 6.28. The molecule has 0 aliphatic heterocycles. The molecule has 0 saturated heterocycles. The van der Waals surface area contributed by atoms with E-state index in [4.69, 9.17) is 5.73 Å². The molecule has 4 heteroatoms. The summed E-state index contributed by atoms with van der Waals surface area (Å²) in [5.74, 6) is -0.169. The molecule has 0 aromatic heterocycles. The fourth-order valence-electron chi connectivity index (χ4n) is 1.67. The molecule has 92 valence electrons. The largest absolute Gasteiger partial charge is 0.397 e. The van der Waals surface area contributed by atoms with Gasteiger partial charge in [-0.2, -0.15) is 0 Å². The maximum absolute atomic E-state index is 12.1. The molecule has 0 aliphatic carbocycles. The lowest BCUT2D eigenvalue weighted by Crippen LogP contribution is -2.13. The van der Waals surface area contributed by atoms with Crippen LogP contribution < -0.4 is 11.1 Å². The number of amides is 1. The molecular weight excluding hydrogens is 292 g/mol. The van der Waals surface area contributed by atoms with E-state index in [2.05, 4.69) is 21.2 Å². The van der Waals surface area contributed by atoms with Crippen LogP contribution in [0.1, 0.15) is 15.9 Å². The molecule has 0 fully saturated rings. The Labute approximate surface area is 114 Å². The van der Waals surface area contributed by atoms with Crippen LogP contribution in [0.3, 0.4) is 0 Å². The molecule has 0 atom stereocenters. The van der Waals surface area contributed by atoms with Gasteiger partial charge in [-0.3, -0.25) is 4.79 Å². The van der Waals surface area contributed by atoms with Crippen molar-refractivity contribution in [2.75, 3.05) is 11.1 Å². The Kier molecular flexibility index (Phi) is 3.67. The summed E-state index contributed by atoms with van der Waals surface area (Å²) in [4.78, 5) is 12.1. The summed E-state index contributed by atoms with van der Waals surface area (Å²) < 4.78 is 0.883. The van der Waals surface area contributed by atoms with Gasteiger partial charge in [0.1, 0.15) is 0 Å². The molecule has 0 unspecified atom stereocenters. The summed E-state index contributed by atoms with van der Waals surface area (Å²) in [5.41, 5.74) is 8.59. The van der Waals surface area contributed by atoms with Crippen LogP contribution in [0.5, 0.6) is 0 Å². The van der Waals surface area contributed by atoms with E-state index in [0.717, 1.165) is 10.0 Å². The lowest BCUT2D eigenvalue weighted by molar-refractivity contribution is 0.102. The molecule has 0 saturated carbocycles. The zero-order valence-electron chi connectivity index (χ0n) is 9.91. The molecule has 2 rings (SSSR count). The van der Waals surface area contributed by atoms with Crippen molar-refractivity contribution in [2.24, 2.45) is 0 Å². The summed E-state index contributed by atoms with van der Waals surface area (Å²) >= 11 is 3.38. The van der Waals surface area contributed by atoms with E-state index < -0.39 is 0 Å². The van der Waals surface area contributed by atoms with Crippen LogP contribution in [0.15, 0.2) is 46.9 Å². The van der Waals surface area contributed by atoms with Crippen molar-refractivity contribution in [1.82, 2.24) is 0 Å². The number of carbonyl (C=O) groups is 1. The number of nitrogen functional groups attached to an aromatic ring is 1. The van der Waals surface area contributed by atoms with Crippen LogP contribution in [-0.2, 0) is 0 Å². The predicted molar refractivity (Wildman–Crippen MR) is 77.7 cm³/mol. The number of aryl methyl sites for hydroxylation is 1. The summed E-state index contributed by atoms with van der Waals surface area (Å²) in [5, 5.41) is 2.80. The van der Waals surface area contributed by atoms with Gasteiger partial charge in [-0.15, -0.1) is 0 Å². The van der Waals surface area contributed by atoms with E-state index in [-0.39, 0.29) is 5.91 Å². The highest BCUT2D eigenvalue weighted by Crippen LogP contribution is 2.20. The van der Waals surface area contributed by atoms with Gasteiger partial charge in [0, 0.05) is 10.0 Å². The van der Waals surface area contributed by atoms with Crippen LogP contribution in [0, 0.1) is 6.92 Å². The Bertz CT molecular complexity index is 576. The average molecular weight is 305 g/mol. The highest BCUT2D eigenvalue weighted by molar-refractivity contribution is 9.10. The quantitative estimate of drug-likeness (QED) is 0.833. The second-order valence-corrected chi connectivity index (χ2v) is 4.97. The summed E-state index contributed by atoms with van der Waals surface area (Å²) in [6, 6.07) is 12.8. The van der Waals surface area contributed by atoms with Gasteiger partial charge in [0.05, 0.1) is 11.4 Å². The first-order valence-electron chi connectivity index (χ1n) is 5.49. The minimum atomic E-state index is -0.169. The van der Waals surface area contributed by atoms with E-state index in [1.165, 1.54) is 0 Å². The SMILES string of the molecule is Cc1cc(Br)cc(C(=O)Nc2ccccc2N)c1. The molecule has 18 heavy (non-hydrogen) atoms. The van der Waals surface area contributed by atoms with E-state index in [1.54, 1.807) is 18.2 Å². The van der Waals surface area contributed by atoms with Gasteiger partial charge in [-0.05, 0) is 42.8 Å². The fourth-order valence-corrected chi connectivity index (χ4v) is 2.28. The number of para-hydroxylation sites is 2. The number of hydrogen-bond donors (Lipinski definition) is 2. The topological polar surface area (TPSA) is 55.1 Å². The van der Waals surface area contributed by atoms with Gasteiger partial charge in [0.2, 0.25) is 0 Å². The minimum absolute atomic E-state index is 0.169. The Morgan fingerprint density at radius 3 is 2.61 bits per heavy atom. The van der Waals surface area contributed by atoms with Crippen molar-refractivity contribution >= 4 is 33.2 Å². The van der Waals surface area contributed by atoms with E-state index in [9.17, 15) is 4.79 Å². The Balaban J connectivity index is 2.25. The van der Waals surface area contributed by atoms with Crippen molar-refractivity contribution in [3.05, 3.63) is 58.1 Å². The zero-order chi connectivity index (χ0) is 13.1. The number of halogens is 1. The summed E-state index contributed by atoms with van der Waals surface area (Å²) in [6.45, 7) is 1.94. The maximum atomic E-state index is 12.1. The number of hydrogen-bond acceptors (Lipinski definition) is 2. The van der Waals surface area contributed by atoms with Crippen molar-refractivity contribution in [1.29, 1.82) is 0 Å². The van der Waals surface area contributed by atoms with E-state index in [1.807, 2.05) is 31.2 Å². The third-order valence-corrected chi connectivity index (χ3v) is 2.97. The smallest absolute Gasteiger partial charge is 0.255 e. The second kappa shape index (κ2) is 5.23. The number of rotatable bonds is 2. The third-order valence-electron chi connectivity index (χ3n) is 2.51. The lowest BCUT2D eigenvalue weighted by atomic mass is 10.1. The average Bonchev–Trinajstić information content (AvgIpc) is 2.31. The highest BCUT2D eigenvalue weighted by Gasteiger charge is 2.08. The number of carbonyl (C=O) groups excluding carboxylic acids is 1. The van der Waals surface area contributed by atoms with Crippen molar-refractivity contribution in [3.8, 4) is 0 Å². The lowest BCUT2D eigenvalue weighted by Gasteiger charge is -2.08. The van der Waals surface area contributed by atoms with Crippen molar-refractivity contribution in [3.63, 3.8) is 0 Å². The molecule has 0 heterocycles. The third kappa shape index (κ3) is 2.90. The van der Waals surface area contributed by atoms with Gasteiger partial charge in [0.25, 0.3) is 5.91 Å².